The summed E-state index contributed by atoms with van der Waals surface area (Å²) in [5, 5.41) is 0.883. The van der Waals surface area contributed by atoms with Crippen molar-refractivity contribution in [3.8, 4) is 0 Å². The van der Waals surface area contributed by atoms with Gasteiger partial charge >= 0.3 is 0 Å². The van der Waals surface area contributed by atoms with Crippen LogP contribution in [0, 0.1) is 6.92 Å². The van der Waals surface area contributed by atoms with Crippen LogP contribution < -0.4 is 0 Å². The molecule has 0 aliphatic heterocycles. The van der Waals surface area contributed by atoms with Gasteiger partial charge in [-0.05, 0) is 13.2 Å². The first-order valence-corrected chi connectivity index (χ1v) is 5.75. The molecule has 0 unspecified atom stereocenters. The van der Waals surface area contributed by atoms with Crippen molar-refractivity contribution in [2.75, 3.05) is 6.26 Å². The van der Waals surface area contributed by atoms with Crippen LogP contribution in [-0.2, 0) is 0 Å². The SMILES string of the molecule is CC.CSc1nc2ncnc(C)c2[nH]1. The van der Waals surface area contributed by atoms with Crippen molar-refractivity contribution in [3.63, 3.8) is 0 Å². The lowest BCUT2D eigenvalue weighted by atomic mass is 10.4. The minimum absolute atomic E-state index is 0.742. The summed E-state index contributed by atoms with van der Waals surface area (Å²) in [6, 6.07) is 0. The van der Waals surface area contributed by atoms with Gasteiger partial charge in [-0.1, -0.05) is 25.6 Å². The Labute approximate surface area is 87.6 Å². The van der Waals surface area contributed by atoms with E-state index in [0.717, 1.165) is 22.0 Å². The van der Waals surface area contributed by atoms with Gasteiger partial charge in [0.05, 0.1) is 5.69 Å². The van der Waals surface area contributed by atoms with Gasteiger partial charge in [0, 0.05) is 0 Å². The molecule has 2 aromatic heterocycles. The van der Waals surface area contributed by atoms with E-state index in [0.29, 0.717) is 0 Å². The third kappa shape index (κ3) is 2.04. The van der Waals surface area contributed by atoms with Crippen molar-refractivity contribution in [2.24, 2.45) is 0 Å². The van der Waals surface area contributed by atoms with Gasteiger partial charge in [0.2, 0.25) is 0 Å². The second-order valence-corrected chi connectivity index (χ2v) is 3.20. The van der Waals surface area contributed by atoms with E-state index in [4.69, 9.17) is 0 Å². The van der Waals surface area contributed by atoms with Gasteiger partial charge in [-0.3, -0.25) is 0 Å². The number of thioether (sulfide) groups is 1. The first-order chi connectivity index (χ1) is 6.81. The highest BCUT2D eigenvalue weighted by Gasteiger charge is 2.04. The molecule has 0 aliphatic rings. The summed E-state index contributed by atoms with van der Waals surface area (Å²) in [4.78, 5) is 15.5. The third-order valence-corrected chi connectivity index (χ3v) is 2.23. The number of nitrogens with one attached hydrogen (secondary N) is 1. The molecule has 5 heteroatoms. The van der Waals surface area contributed by atoms with Crippen LogP contribution in [0.3, 0.4) is 0 Å². The lowest BCUT2D eigenvalue weighted by molar-refractivity contribution is 1.08. The zero-order valence-electron chi connectivity index (χ0n) is 8.83. The van der Waals surface area contributed by atoms with E-state index in [9.17, 15) is 0 Å². The smallest absolute Gasteiger partial charge is 0.182 e. The molecule has 0 atom stereocenters. The molecule has 0 aliphatic carbocycles. The van der Waals surface area contributed by atoms with E-state index in [1.807, 2.05) is 27.0 Å². The van der Waals surface area contributed by atoms with Crippen LogP contribution in [0.2, 0.25) is 0 Å². The Morgan fingerprint density at radius 3 is 2.57 bits per heavy atom. The van der Waals surface area contributed by atoms with E-state index in [1.54, 1.807) is 11.8 Å². The Kier molecular flexibility index (Phi) is 3.88. The molecule has 0 saturated carbocycles. The maximum atomic E-state index is 4.25. The molecule has 0 amide bonds. The summed E-state index contributed by atoms with van der Waals surface area (Å²) in [5.74, 6) is 0. The molecule has 76 valence electrons. The Balaban J connectivity index is 0.000000461. The van der Waals surface area contributed by atoms with Crippen molar-refractivity contribution in [3.05, 3.63) is 12.0 Å². The highest BCUT2D eigenvalue weighted by atomic mass is 32.2. The summed E-state index contributed by atoms with van der Waals surface area (Å²) in [6.07, 6.45) is 3.50. The monoisotopic (exact) mass is 210 g/mol. The lowest BCUT2D eigenvalue weighted by Crippen LogP contribution is -1.84. The normalized spacial score (nSPS) is 9.71. The summed E-state index contributed by atoms with van der Waals surface area (Å²) in [7, 11) is 0. The molecule has 2 aromatic rings. The Hall–Kier alpha value is -1.10. The molecule has 0 fully saturated rings. The average Bonchev–Trinajstić information content (AvgIpc) is 2.65. The van der Waals surface area contributed by atoms with Crippen molar-refractivity contribution in [1.82, 2.24) is 19.9 Å². The van der Waals surface area contributed by atoms with Gasteiger partial charge in [-0.15, -0.1) is 0 Å². The van der Waals surface area contributed by atoms with Crippen molar-refractivity contribution >= 4 is 22.9 Å². The first-order valence-electron chi connectivity index (χ1n) is 4.52. The van der Waals surface area contributed by atoms with Crippen LogP contribution in [0.15, 0.2) is 11.5 Å². The lowest BCUT2D eigenvalue weighted by Gasteiger charge is -1.89. The van der Waals surface area contributed by atoms with E-state index in [1.165, 1.54) is 6.33 Å². The molecule has 4 nitrogen and oxygen atoms in total. The van der Waals surface area contributed by atoms with Crippen LogP contribution >= 0.6 is 11.8 Å². The van der Waals surface area contributed by atoms with Gasteiger partial charge in [-0.25, -0.2) is 15.0 Å². The predicted octanol–water partition coefficient (Wildman–Crippen LogP) is 2.41. The minimum atomic E-state index is 0.742. The molecular weight excluding hydrogens is 196 g/mol. The Morgan fingerprint density at radius 1 is 1.29 bits per heavy atom. The quantitative estimate of drug-likeness (QED) is 0.734. The van der Waals surface area contributed by atoms with Gasteiger partial charge < -0.3 is 4.98 Å². The second-order valence-electron chi connectivity index (χ2n) is 2.40. The molecule has 0 saturated heterocycles. The van der Waals surface area contributed by atoms with E-state index in [2.05, 4.69) is 19.9 Å². The molecule has 0 aromatic carbocycles. The third-order valence-electron chi connectivity index (χ3n) is 1.65. The fourth-order valence-corrected chi connectivity index (χ4v) is 1.40. The number of rotatable bonds is 1. The van der Waals surface area contributed by atoms with Crippen LogP contribution in [0.1, 0.15) is 19.5 Å². The molecule has 2 rings (SSSR count). The number of imidazole rings is 1. The number of aromatic amines is 1. The number of H-pyrrole nitrogens is 1. The topological polar surface area (TPSA) is 54.5 Å². The summed E-state index contributed by atoms with van der Waals surface area (Å²) in [6.45, 7) is 5.94. The van der Waals surface area contributed by atoms with E-state index >= 15 is 0 Å². The van der Waals surface area contributed by atoms with Gasteiger partial charge in [0.1, 0.15) is 11.8 Å². The highest BCUT2D eigenvalue weighted by molar-refractivity contribution is 7.98. The Morgan fingerprint density at radius 2 is 2.00 bits per heavy atom. The van der Waals surface area contributed by atoms with Gasteiger partial charge in [0.25, 0.3) is 0 Å². The first kappa shape index (κ1) is 11.0. The largest absolute Gasteiger partial charge is 0.330 e. The number of hydrogen-bond acceptors (Lipinski definition) is 4. The molecule has 14 heavy (non-hydrogen) atoms. The van der Waals surface area contributed by atoms with Gasteiger partial charge in [0.15, 0.2) is 10.8 Å². The fraction of sp³-hybridized carbons (Fsp3) is 0.444. The van der Waals surface area contributed by atoms with Crippen molar-refractivity contribution in [2.45, 2.75) is 25.9 Å². The van der Waals surface area contributed by atoms with Crippen molar-refractivity contribution < 1.29 is 0 Å². The number of nitrogens with zero attached hydrogens (tertiary/aromatic N) is 3. The zero-order chi connectivity index (χ0) is 10.6. The molecule has 1 N–H and O–H groups in total. The number of fused-ring (bicyclic) bond motifs is 1. The molecule has 0 radical (unpaired) electrons. The minimum Gasteiger partial charge on any atom is -0.330 e. The Bertz CT molecular complexity index is 410. The zero-order valence-corrected chi connectivity index (χ0v) is 9.64. The fourth-order valence-electron chi connectivity index (χ4n) is 1.02. The summed E-state index contributed by atoms with van der Waals surface area (Å²) in [5.41, 5.74) is 2.61. The maximum absolute atomic E-state index is 4.25. The molecular formula is C9H14N4S. The van der Waals surface area contributed by atoms with Crippen LogP contribution in [-0.4, -0.2) is 26.2 Å². The molecule has 2 heterocycles. The predicted molar refractivity (Wildman–Crippen MR) is 59.5 cm³/mol. The molecule has 0 spiro atoms. The maximum Gasteiger partial charge on any atom is 0.182 e. The summed E-state index contributed by atoms with van der Waals surface area (Å²) >= 11 is 1.57. The standard InChI is InChI=1S/C7H8N4S.C2H6/c1-4-5-6(9-3-8-4)11-7(10-5)12-2;1-2/h3H,1-2H3,(H,8,9,10,11);1-2H3. The summed E-state index contributed by atoms with van der Waals surface area (Å²) < 4.78 is 0. The van der Waals surface area contributed by atoms with Crippen molar-refractivity contribution in [1.29, 1.82) is 0 Å². The van der Waals surface area contributed by atoms with Crippen LogP contribution in [0.25, 0.3) is 11.2 Å². The van der Waals surface area contributed by atoms with E-state index < -0.39 is 0 Å². The molecule has 0 bridgehead atoms. The highest BCUT2D eigenvalue weighted by Crippen LogP contribution is 2.16. The second kappa shape index (κ2) is 4.95. The van der Waals surface area contributed by atoms with Crippen LogP contribution in [0.5, 0.6) is 0 Å². The average molecular weight is 210 g/mol. The number of hydrogen-bond donors (Lipinski definition) is 1. The number of aromatic nitrogens is 4. The van der Waals surface area contributed by atoms with Gasteiger partial charge in [-0.2, -0.15) is 0 Å². The van der Waals surface area contributed by atoms with E-state index in [-0.39, 0.29) is 0 Å². The number of aryl methyl sites for hydroxylation is 1. The van der Waals surface area contributed by atoms with Crippen LogP contribution in [0.4, 0.5) is 0 Å².